The van der Waals surface area contributed by atoms with Crippen LogP contribution in [0.3, 0.4) is 0 Å². The minimum Gasteiger partial charge on any atom is -0.296 e. The highest BCUT2D eigenvalue weighted by molar-refractivity contribution is 7.18. The molecule has 0 spiro atoms. The van der Waals surface area contributed by atoms with E-state index in [1.165, 1.54) is 11.3 Å². The Labute approximate surface area is 148 Å². The summed E-state index contributed by atoms with van der Waals surface area (Å²) in [4.78, 5) is 25.6. The van der Waals surface area contributed by atoms with Gasteiger partial charge in [0.1, 0.15) is 10.8 Å². The van der Waals surface area contributed by atoms with E-state index in [9.17, 15) is 4.79 Å². The molecule has 1 saturated carbocycles. The van der Waals surface area contributed by atoms with Gasteiger partial charge in [-0.15, -0.1) is 10.2 Å². The minimum absolute atomic E-state index is 0.255. The average Bonchev–Trinajstić information content (AvgIpc) is 3.35. The molecule has 0 saturated heterocycles. The summed E-state index contributed by atoms with van der Waals surface area (Å²) < 4.78 is 0. The Kier molecular flexibility index (Phi) is 3.96. The largest absolute Gasteiger partial charge is 0.296 e. The maximum Gasteiger partial charge on any atom is 0.261 e. The predicted molar refractivity (Wildman–Crippen MR) is 94.6 cm³/mol. The number of hydrogen-bond acceptors (Lipinski definition) is 7. The molecule has 8 heteroatoms. The van der Waals surface area contributed by atoms with Crippen LogP contribution in [-0.2, 0) is 0 Å². The van der Waals surface area contributed by atoms with Gasteiger partial charge in [0.05, 0.1) is 17.0 Å². The van der Waals surface area contributed by atoms with Crippen molar-refractivity contribution < 1.29 is 4.79 Å². The number of aromatic nitrogens is 5. The van der Waals surface area contributed by atoms with Crippen LogP contribution in [0.4, 0.5) is 5.13 Å². The van der Waals surface area contributed by atoms with Gasteiger partial charge < -0.3 is 0 Å². The first-order valence-electron chi connectivity index (χ1n) is 8.02. The number of aryl methyl sites for hydroxylation is 2. The number of nitrogens with one attached hydrogen (secondary N) is 1. The number of rotatable bonds is 4. The molecule has 3 heterocycles. The smallest absolute Gasteiger partial charge is 0.261 e. The Hall–Kier alpha value is -2.74. The van der Waals surface area contributed by atoms with Crippen LogP contribution in [0.15, 0.2) is 24.5 Å². The molecule has 1 fully saturated rings. The van der Waals surface area contributed by atoms with Crippen LogP contribution in [0.25, 0.3) is 10.6 Å². The SMILES string of the molecule is Cc1nc(C2CC2)nc(C)c1C(=O)Nc1nnc(-c2ccncc2)s1. The lowest BCUT2D eigenvalue weighted by Gasteiger charge is -2.09. The number of anilines is 1. The first-order valence-corrected chi connectivity index (χ1v) is 8.84. The Morgan fingerprint density at radius 1 is 1.12 bits per heavy atom. The van der Waals surface area contributed by atoms with Crippen molar-refractivity contribution >= 4 is 22.4 Å². The van der Waals surface area contributed by atoms with Crippen LogP contribution < -0.4 is 5.32 Å². The zero-order valence-corrected chi connectivity index (χ0v) is 14.7. The van der Waals surface area contributed by atoms with Gasteiger partial charge in [0.25, 0.3) is 5.91 Å². The first-order chi connectivity index (χ1) is 12.1. The van der Waals surface area contributed by atoms with Crippen LogP contribution >= 0.6 is 11.3 Å². The van der Waals surface area contributed by atoms with E-state index in [1.54, 1.807) is 12.4 Å². The Balaban J connectivity index is 1.55. The van der Waals surface area contributed by atoms with E-state index in [4.69, 9.17) is 0 Å². The molecule has 25 heavy (non-hydrogen) atoms. The molecule has 7 nitrogen and oxygen atoms in total. The van der Waals surface area contributed by atoms with E-state index in [-0.39, 0.29) is 5.91 Å². The summed E-state index contributed by atoms with van der Waals surface area (Å²) in [7, 11) is 0. The van der Waals surface area contributed by atoms with Crippen molar-refractivity contribution in [2.75, 3.05) is 5.32 Å². The molecule has 1 aliphatic carbocycles. The lowest BCUT2D eigenvalue weighted by Crippen LogP contribution is -2.17. The summed E-state index contributed by atoms with van der Waals surface area (Å²) >= 11 is 1.32. The minimum atomic E-state index is -0.255. The molecule has 1 amide bonds. The number of pyridine rings is 1. The van der Waals surface area contributed by atoms with Crippen molar-refractivity contribution in [1.82, 2.24) is 25.1 Å². The van der Waals surface area contributed by atoms with Crippen molar-refractivity contribution in [2.24, 2.45) is 0 Å². The third kappa shape index (κ3) is 3.25. The molecule has 0 aliphatic heterocycles. The zero-order valence-electron chi connectivity index (χ0n) is 13.9. The van der Waals surface area contributed by atoms with Crippen molar-refractivity contribution in [3.8, 4) is 10.6 Å². The average molecular weight is 352 g/mol. The summed E-state index contributed by atoms with van der Waals surface area (Å²) in [6, 6.07) is 3.70. The van der Waals surface area contributed by atoms with E-state index in [2.05, 4.69) is 30.5 Å². The van der Waals surface area contributed by atoms with Gasteiger partial charge in [-0.3, -0.25) is 15.1 Å². The number of nitrogens with zero attached hydrogens (tertiary/aromatic N) is 5. The lowest BCUT2D eigenvalue weighted by atomic mass is 10.1. The lowest BCUT2D eigenvalue weighted by molar-refractivity contribution is 0.102. The molecule has 3 aromatic rings. The number of amides is 1. The Morgan fingerprint density at radius 3 is 2.44 bits per heavy atom. The van der Waals surface area contributed by atoms with Gasteiger partial charge in [0, 0.05) is 23.9 Å². The van der Waals surface area contributed by atoms with Gasteiger partial charge in [0.2, 0.25) is 5.13 Å². The summed E-state index contributed by atoms with van der Waals surface area (Å²) in [5.41, 5.74) is 2.82. The van der Waals surface area contributed by atoms with Crippen molar-refractivity contribution in [3.63, 3.8) is 0 Å². The quantitative estimate of drug-likeness (QED) is 0.775. The van der Waals surface area contributed by atoms with E-state index < -0.39 is 0 Å². The molecule has 1 N–H and O–H groups in total. The van der Waals surface area contributed by atoms with Gasteiger partial charge in [0.15, 0.2) is 0 Å². The predicted octanol–water partition coefficient (Wildman–Crippen LogP) is 3.14. The second-order valence-electron chi connectivity index (χ2n) is 6.00. The summed E-state index contributed by atoms with van der Waals surface area (Å²) in [5.74, 6) is 1.05. The van der Waals surface area contributed by atoms with Crippen molar-refractivity contribution in [2.45, 2.75) is 32.6 Å². The van der Waals surface area contributed by atoms with Crippen LogP contribution in [0.1, 0.15) is 46.3 Å². The summed E-state index contributed by atoms with van der Waals surface area (Å²) in [6.45, 7) is 3.69. The van der Waals surface area contributed by atoms with Gasteiger partial charge in [-0.05, 0) is 38.8 Å². The van der Waals surface area contributed by atoms with E-state index in [1.807, 2.05) is 26.0 Å². The molecule has 126 valence electrons. The van der Waals surface area contributed by atoms with Gasteiger partial charge in [-0.2, -0.15) is 0 Å². The molecule has 3 aromatic heterocycles. The maximum atomic E-state index is 12.6. The standard InChI is InChI=1S/C17H16N6OS/c1-9-13(10(2)20-14(19-9)11-3-4-11)15(24)21-17-23-22-16(25-17)12-5-7-18-8-6-12/h5-8,11H,3-4H2,1-2H3,(H,21,23,24). The van der Waals surface area contributed by atoms with E-state index in [0.717, 1.165) is 29.2 Å². The molecule has 0 atom stereocenters. The molecule has 0 radical (unpaired) electrons. The summed E-state index contributed by atoms with van der Waals surface area (Å²) in [5, 5.41) is 12.1. The molecule has 0 unspecified atom stereocenters. The van der Waals surface area contributed by atoms with Crippen LogP contribution in [-0.4, -0.2) is 31.1 Å². The molecular formula is C17H16N6OS. The molecular weight excluding hydrogens is 336 g/mol. The van der Waals surface area contributed by atoms with E-state index in [0.29, 0.717) is 28.0 Å². The number of hydrogen-bond donors (Lipinski definition) is 1. The van der Waals surface area contributed by atoms with Gasteiger partial charge in [-0.25, -0.2) is 9.97 Å². The molecule has 4 rings (SSSR count). The van der Waals surface area contributed by atoms with Crippen LogP contribution in [0, 0.1) is 13.8 Å². The summed E-state index contributed by atoms with van der Waals surface area (Å²) in [6.07, 6.45) is 5.65. The third-order valence-electron chi connectivity index (χ3n) is 4.03. The first kappa shape index (κ1) is 15.8. The fourth-order valence-corrected chi connectivity index (χ4v) is 3.38. The van der Waals surface area contributed by atoms with E-state index >= 15 is 0 Å². The fourth-order valence-electron chi connectivity index (χ4n) is 2.64. The monoisotopic (exact) mass is 352 g/mol. The van der Waals surface area contributed by atoms with Crippen molar-refractivity contribution in [1.29, 1.82) is 0 Å². The number of carbonyl (C=O) groups excluding carboxylic acids is 1. The van der Waals surface area contributed by atoms with Gasteiger partial charge >= 0.3 is 0 Å². The van der Waals surface area contributed by atoms with Gasteiger partial charge in [-0.1, -0.05) is 11.3 Å². The van der Waals surface area contributed by atoms with Crippen LogP contribution in [0.5, 0.6) is 0 Å². The number of carbonyl (C=O) groups is 1. The van der Waals surface area contributed by atoms with Crippen LogP contribution in [0.2, 0.25) is 0 Å². The maximum absolute atomic E-state index is 12.6. The zero-order chi connectivity index (χ0) is 17.4. The van der Waals surface area contributed by atoms with Crippen molar-refractivity contribution in [3.05, 3.63) is 47.3 Å². The third-order valence-corrected chi connectivity index (χ3v) is 4.92. The molecule has 0 aromatic carbocycles. The highest BCUT2D eigenvalue weighted by Gasteiger charge is 2.28. The Morgan fingerprint density at radius 2 is 1.80 bits per heavy atom. The highest BCUT2D eigenvalue weighted by atomic mass is 32.1. The highest BCUT2D eigenvalue weighted by Crippen LogP contribution is 2.38. The normalized spacial score (nSPS) is 13.7. The molecule has 1 aliphatic rings. The Bertz CT molecular complexity index is 912. The fraction of sp³-hybridized carbons (Fsp3) is 0.294. The second-order valence-corrected chi connectivity index (χ2v) is 6.98. The topological polar surface area (TPSA) is 93.6 Å². The second kappa shape index (κ2) is 6.29. The molecule has 0 bridgehead atoms.